The molecule has 1 N–H and O–H groups in total. The zero-order valence-electron chi connectivity index (χ0n) is 10.9. The smallest absolute Gasteiger partial charge is 0.0700 e. The molecule has 1 rings (SSSR count). The lowest BCUT2D eigenvalue weighted by molar-refractivity contribution is 0.0183. The first-order valence-electron chi connectivity index (χ1n) is 6.62. The molecule has 1 aliphatic carbocycles. The number of hydrogen-bond donors (Lipinski definition) is 1. The summed E-state index contributed by atoms with van der Waals surface area (Å²) >= 11 is 0. The molecule has 1 saturated carbocycles. The van der Waals surface area contributed by atoms with Gasteiger partial charge in [0, 0.05) is 20.3 Å². The molecule has 0 aromatic carbocycles. The van der Waals surface area contributed by atoms with Crippen molar-refractivity contribution in [3.8, 4) is 0 Å². The van der Waals surface area contributed by atoms with Gasteiger partial charge < -0.3 is 19.3 Å². The van der Waals surface area contributed by atoms with Crippen LogP contribution in [0.3, 0.4) is 0 Å². The molecular weight excluding hydrogens is 220 g/mol. The van der Waals surface area contributed by atoms with Gasteiger partial charge in [0.1, 0.15) is 0 Å². The van der Waals surface area contributed by atoms with Crippen LogP contribution in [-0.2, 0) is 14.2 Å². The van der Waals surface area contributed by atoms with E-state index in [1.165, 1.54) is 25.7 Å². The van der Waals surface area contributed by atoms with Crippen LogP contribution in [0.4, 0.5) is 0 Å². The first kappa shape index (κ1) is 14.9. The van der Waals surface area contributed by atoms with Crippen molar-refractivity contribution in [2.75, 3.05) is 46.8 Å². The van der Waals surface area contributed by atoms with Crippen LogP contribution in [0.5, 0.6) is 0 Å². The Morgan fingerprint density at radius 2 is 1.65 bits per heavy atom. The van der Waals surface area contributed by atoms with Crippen LogP contribution in [0.1, 0.15) is 25.7 Å². The van der Waals surface area contributed by atoms with E-state index in [0.29, 0.717) is 31.7 Å². The summed E-state index contributed by atoms with van der Waals surface area (Å²) in [5.41, 5.74) is 0. The summed E-state index contributed by atoms with van der Waals surface area (Å²) in [7, 11) is 1.69. The third kappa shape index (κ3) is 6.99. The van der Waals surface area contributed by atoms with Crippen molar-refractivity contribution in [2.45, 2.75) is 25.7 Å². The van der Waals surface area contributed by atoms with Gasteiger partial charge in [0.25, 0.3) is 0 Å². The average molecular weight is 246 g/mol. The van der Waals surface area contributed by atoms with Gasteiger partial charge in [-0.05, 0) is 31.1 Å². The Kier molecular flexibility index (Phi) is 8.61. The van der Waals surface area contributed by atoms with Gasteiger partial charge in [-0.3, -0.25) is 0 Å². The number of rotatable bonds is 9. The molecule has 0 heterocycles. The van der Waals surface area contributed by atoms with Gasteiger partial charge in [-0.15, -0.1) is 0 Å². The average Bonchev–Trinajstić information content (AvgIpc) is 2.36. The second kappa shape index (κ2) is 9.83. The third-order valence-corrected chi connectivity index (χ3v) is 3.27. The molecule has 4 heteroatoms. The van der Waals surface area contributed by atoms with Gasteiger partial charge >= 0.3 is 0 Å². The quantitative estimate of drug-likeness (QED) is 0.626. The second-order valence-electron chi connectivity index (χ2n) is 4.76. The molecule has 0 saturated heterocycles. The molecule has 2 unspecified atom stereocenters. The molecule has 17 heavy (non-hydrogen) atoms. The summed E-state index contributed by atoms with van der Waals surface area (Å²) in [6.45, 7) is 3.59. The van der Waals surface area contributed by atoms with Crippen molar-refractivity contribution in [1.29, 1.82) is 0 Å². The van der Waals surface area contributed by atoms with E-state index in [-0.39, 0.29) is 6.61 Å². The van der Waals surface area contributed by atoms with Gasteiger partial charge in [-0.2, -0.15) is 0 Å². The highest BCUT2D eigenvalue weighted by atomic mass is 16.5. The zero-order valence-corrected chi connectivity index (χ0v) is 10.9. The Bertz CT molecular complexity index is 175. The summed E-state index contributed by atoms with van der Waals surface area (Å²) in [6, 6.07) is 0. The van der Waals surface area contributed by atoms with Crippen LogP contribution in [0.2, 0.25) is 0 Å². The summed E-state index contributed by atoms with van der Waals surface area (Å²) in [5.74, 6) is 1.31. The number of methoxy groups -OCH3 is 1. The molecule has 0 aromatic rings. The number of ether oxygens (including phenoxy) is 3. The minimum Gasteiger partial charge on any atom is -0.394 e. The lowest BCUT2D eigenvalue weighted by Crippen LogP contribution is -2.24. The third-order valence-electron chi connectivity index (χ3n) is 3.27. The fourth-order valence-electron chi connectivity index (χ4n) is 2.41. The van der Waals surface area contributed by atoms with Gasteiger partial charge in [-0.25, -0.2) is 0 Å². The van der Waals surface area contributed by atoms with Crippen molar-refractivity contribution in [2.24, 2.45) is 11.8 Å². The predicted octanol–water partition coefficient (Wildman–Crippen LogP) is 1.46. The van der Waals surface area contributed by atoms with Crippen LogP contribution >= 0.6 is 0 Å². The molecule has 1 fully saturated rings. The number of aliphatic hydroxyl groups excluding tert-OH is 1. The molecule has 102 valence electrons. The van der Waals surface area contributed by atoms with E-state index in [9.17, 15) is 0 Å². The fraction of sp³-hybridized carbons (Fsp3) is 1.00. The van der Waals surface area contributed by atoms with Crippen LogP contribution in [0.25, 0.3) is 0 Å². The number of aliphatic hydroxyl groups is 1. The first-order chi connectivity index (χ1) is 8.36. The van der Waals surface area contributed by atoms with E-state index in [1.807, 2.05) is 0 Å². The van der Waals surface area contributed by atoms with E-state index in [1.54, 1.807) is 7.11 Å². The van der Waals surface area contributed by atoms with E-state index in [4.69, 9.17) is 19.3 Å². The monoisotopic (exact) mass is 246 g/mol. The molecule has 0 amide bonds. The maximum Gasteiger partial charge on any atom is 0.0700 e. The Morgan fingerprint density at radius 3 is 2.24 bits per heavy atom. The first-order valence-corrected chi connectivity index (χ1v) is 6.62. The van der Waals surface area contributed by atoms with E-state index in [0.717, 1.165) is 13.2 Å². The number of hydrogen-bond acceptors (Lipinski definition) is 4. The molecule has 0 bridgehead atoms. The predicted molar refractivity (Wildman–Crippen MR) is 66.0 cm³/mol. The van der Waals surface area contributed by atoms with Crippen molar-refractivity contribution < 1.29 is 19.3 Å². The van der Waals surface area contributed by atoms with Crippen LogP contribution < -0.4 is 0 Å². The topological polar surface area (TPSA) is 47.9 Å². The van der Waals surface area contributed by atoms with E-state index >= 15 is 0 Å². The lowest BCUT2D eigenvalue weighted by atomic mass is 9.82. The molecule has 0 aromatic heterocycles. The standard InChI is InChI=1S/C13H26O4/c1-15-7-8-17-11-13-4-2-3-12(9-13)10-16-6-5-14/h12-14H,2-11H2,1H3. The summed E-state index contributed by atoms with van der Waals surface area (Å²) in [4.78, 5) is 0. The van der Waals surface area contributed by atoms with Gasteiger partial charge in [-0.1, -0.05) is 6.42 Å². The van der Waals surface area contributed by atoms with Gasteiger partial charge in [0.05, 0.1) is 26.4 Å². The van der Waals surface area contributed by atoms with E-state index in [2.05, 4.69) is 0 Å². The molecule has 1 aliphatic rings. The summed E-state index contributed by atoms with van der Waals surface area (Å²) in [6.07, 6.45) is 4.98. The minimum absolute atomic E-state index is 0.121. The van der Waals surface area contributed by atoms with Gasteiger partial charge in [0.15, 0.2) is 0 Å². The highest BCUT2D eigenvalue weighted by Gasteiger charge is 2.22. The Hall–Kier alpha value is -0.160. The SMILES string of the molecule is COCCOCC1CCCC(COCCO)C1. The van der Waals surface area contributed by atoms with Crippen molar-refractivity contribution >= 4 is 0 Å². The zero-order chi connectivity index (χ0) is 12.3. The maximum absolute atomic E-state index is 8.66. The Labute approximate surface area is 104 Å². The summed E-state index contributed by atoms with van der Waals surface area (Å²) < 4.78 is 15.9. The molecule has 0 spiro atoms. The molecule has 0 radical (unpaired) electrons. The second-order valence-corrected chi connectivity index (χ2v) is 4.76. The van der Waals surface area contributed by atoms with Crippen molar-refractivity contribution in [1.82, 2.24) is 0 Å². The highest BCUT2D eigenvalue weighted by molar-refractivity contribution is 4.72. The van der Waals surface area contributed by atoms with Crippen LogP contribution in [0, 0.1) is 11.8 Å². The molecular formula is C13H26O4. The van der Waals surface area contributed by atoms with Crippen LogP contribution in [-0.4, -0.2) is 51.9 Å². The molecule has 0 aliphatic heterocycles. The minimum atomic E-state index is 0.121. The Morgan fingerprint density at radius 1 is 1.00 bits per heavy atom. The maximum atomic E-state index is 8.66. The lowest BCUT2D eigenvalue weighted by Gasteiger charge is -2.28. The van der Waals surface area contributed by atoms with Crippen molar-refractivity contribution in [3.05, 3.63) is 0 Å². The van der Waals surface area contributed by atoms with Crippen LogP contribution in [0.15, 0.2) is 0 Å². The normalized spacial score (nSPS) is 25.1. The molecule has 2 atom stereocenters. The highest BCUT2D eigenvalue weighted by Crippen LogP contribution is 2.29. The largest absolute Gasteiger partial charge is 0.394 e. The Balaban J connectivity index is 2.06. The van der Waals surface area contributed by atoms with Crippen molar-refractivity contribution in [3.63, 3.8) is 0 Å². The molecule has 4 nitrogen and oxygen atoms in total. The summed E-state index contributed by atoms with van der Waals surface area (Å²) in [5, 5.41) is 8.66. The van der Waals surface area contributed by atoms with Gasteiger partial charge in [0.2, 0.25) is 0 Å². The van der Waals surface area contributed by atoms with E-state index < -0.39 is 0 Å². The fourth-order valence-corrected chi connectivity index (χ4v) is 2.41.